The summed E-state index contributed by atoms with van der Waals surface area (Å²) in [5, 5.41) is 7.08. The molecule has 6 nitrogen and oxygen atoms in total. The highest BCUT2D eigenvalue weighted by Gasteiger charge is 2.25. The van der Waals surface area contributed by atoms with Crippen molar-refractivity contribution in [2.45, 2.75) is 37.6 Å². The van der Waals surface area contributed by atoms with Crippen molar-refractivity contribution in [3.05, 3.63) is 12.4 Å². The van der Waals surface area contributed by atoms with Crippen molar-refractivity contribution in [3.8, 4) is 0 Å². The molecule has 2 rings (SSSR count). The second kappa shape index (κ2) is 6.69. The summed E-state index contributed by atoms with van der Waals surface area (Å²) >= 11 is 0. The fourth-order valence-corrected chi connectivity index (χ4v) is 3.70. The van der Waals surface area contributed by atoms with Crippen LogP contribution in [0.25, 0.3) is 0 Å². The van der Waals surface area contributed by atoms with Gasteiger partial charge in [-0.2, -0.15) is 5.10 Å². The number of rotatable bonds is 7. The summed E-state index contributed by atoms with van der Waals surface area (Å²) in [6, 6.07) is 0. The summed E-state index contributed by atoms with van der Waals surface area (Å²) in [5.41, 5.74) is 0. The quantitative estimate of drug-likeness (QED) is 0.781. The molecule has 1 heterocycles. The predicted molar refractivity (Wildman–Crippen MR) is 77.8 cm³/mol. The average Bonchev–Trinajstić information content (AvgIpc) is 3.03. The molecule has 0 bridgehead atoms. The van der Waals surface area contributed by atoms with Crippen molar-refractivity contribution in [2.24, 2.45) is 11.8 Å². The molecule has 1 aliphatic carbocycles. The van der Waals surface area contributed by atoms with Crippen molar-refractivity contribution in [2.75, 3.05) is 20.1 Å². The van der Waals surface area contributed by atoms with Gasteiger partial charge < -0.3 is 5.32 Å². The Bertz CT molecular complexity index is 526. The molecular formula is C13H24N4O2S. The van der Waals surface area contributed by atoms with E-state index in [9.17, 15) is 8.42 Å². The molecule has 0 saturated heterocycles. The zero-order valence-corrected chi connectivity index (χ0v) is 13.0. The van der Waals surface area contributed by atoms with Crippen LogP contribution >= 0.6 is 0 Å². The topological polar surface area (TPSA) is 76.0 Å². The lowest BCUT2D eigenvalue weighted by Gasteiger charge is -2.15. The molecule has 0 spiro atoms. The summed E-state index contributed by atoms with van der Waals surface area (Å²) < 4.78 is 28.8. The van der Waals surface area contributed by atoms with Gasteiger partial charge in [0.2, 0.25) is 10.0 Å². The lowest BCUT2D eigenvalue weighted by Crippen LogP contribution is -2.30. The van der Waals surface area contributed by atoms with Crippen molar-refractivity contribution in [1.82, 2.24) is 19.8 Å². The first-order chi connectivity index (χ1) is 9.53. The molecule has 114 valence electrons. The molecule has 0 radical (unpaired) electrons. The second-order valence-electron chi connectivity index (χ2n) is 5.56. The number of hydrogen-bond acceptors (Lipinski definition) is 4. The number of aromatic nitrogens is 2. The third-order valence-electron chi connectivity index (χ3n) is 4.09. The van der Waals surface area contributed by atoms with E-state index in [-0.39, 0.29) is 4.90 Å². The Balaban J connectivity index is 1.93. The molecule has 0 amide bonds. The van der Waals surface area contributed by atoms with Crippen molar-refractivity contribution in [1.29, 1.82) is 0 Å². The van der Waals surface area contributed by atoms with Gasteiger partial charge in [0, 0.05) is 19.3 Å². The molecule has 2 unspecified atom stereocenters. The molecule has 20 heavy (non-hydrogen) atoms. The molecule has 2 atom stereocenters. The molecule has 1 aromatic rings. The van der Waals surface area contributed by atoms with Gasteiger partial charge in [-0.3, -0.25) is 4.68 Å². The Hall–Kier alpha value is -0.920. The summed E-state index contributed by atoms with van der Waals surface area (Å²) in [5.74, 6) is 1.07. The lowest BCUT2D eigenvalue weighted by molar-refractivity contribution is 0.414. The highest BCUT2D eigenvalue weighted by Crippen LogP contribution is 2.30. The zero-order chi connectivity index (χ0) is 14.6. The first-order valence-electron chi connectivity index (χ1n) is 7.19. The Morgan fingerprint density at radius 3 is 2.90 bits per heavy atom. The molecule has 0 aromatic carbocycles. The Kier molecular flexibility index (Phi) is 5.17. The number of nitrogens with zero attached hydrogens (tertiary/aromatic N) is 2. The lowest BCUT2D eigenvalue weighted by atomic mass is 9.99. The van der Waals surface area contributed by atoms with E-state index in [4.69, 9.17) is 0 Å². The second-order valence-corrected chi connectivity index (χ2v) is 7.33. The standard InChI is InChI=1S/C13H24N4O2S/c1-11-4-3-5-12(11)8-16-20(18,19)13-9-15-17(10-13)7-6-14-2/h9-12,14,16H,3-8H2,1-2H3. The van der Waals surface area contributed by atoms with Crippen LogP contribution in [0.4, 0.5) is 0 Å². The van der Waals surface area contributed by atoms with Gasteiger partial charge in [0.1, 0.15) is 4.90 Å². The summed E-state index contributed by atoms with van der Waals surface area (Å²) in [6.07, 6.45) is 6.52. The van der Waals surface area contributed by atoms with E-state index in [1.54, 1.807) is 10.9 Å². The maximum atomic E-state index is 12.2. The highest BCUT2D eigenvalue weighted by molar-refractivity contribution is 7.89. The van der Waals surface area contributed by atoms with Gasteiger partial charge in [-0.05, 0) is 25.3 Å². The smallest absolute Gasteiger partial charge is 0.243 e. The maximum Gasteiger partial charge on any atom is 0.243 e. The van der Waals surface area contributed by atoms with E-state index < -0.39 is 10.0 Å². The molecular weight excluding hydrogens is 276 g/mol. The molecule has 2 N–H and O–H groups in total. The van der Waals surface area contributed by atoms with Gasteiger partial charge >= 0.3 is 0 Å². The van der Waals surface area contributed by atoms with Gasteiger partial charge in [0.15, 0.2) is 0 Å². The minimum atomic E-state index is -3.43. The molecule has 1 fully saturated rings. The molecule has 1 aromatic heterocycles. The van der Waals surface area contributed by atoms with E-state index in [0.717, 1.165) is 13.0 Å². The molecule has 7 heteroatoms. The van der Waals surface area contributed by atoms with Gasteiger partial charge in [-0.25, -0.2) is 13.1 Å². The van der Waals surface area contributed by atoms with Crippen molar-refractivity contribution in [3.63, 3.8) is 0 Å². The number of nitrogens with one attached hydrogen (secondary N) is 2. The van der Waals surface area contributed by atoms with E-state index in [0.29, 0.717) is 24.9 Å². The van der Waals surface area contributed by atoms with Crippen LogP contribution in [0.2, 0.25) is 0 Å². The predicted octanol–water partition coefficient (Wildman–Crippen LogP) is 0.817. The van der Waals surface area contributed by atoms with Crippen LogP contribution in [0.1, 0.15) is 26.2 Å². The first-order valence-corrected chi connectivity index (χ1v) is 8.68. The Labute approximate surface area is 121 Å². The van der Waals surface area contributed by atoms with Gasteiger partial charge in [-0.15, -0.1) is 0 Å². The van der Waals surface area contributed by atoms with Crippen LogP contribution < -0.4 is 10.0 Å². The zero-order valence-electron chi connectivity index (χ0n) is 12.2. The van der Waals surface area contributed by atoms with Gasteiger partial charge in [0.05, 0.1) is 12.7 Å². The van der Waals surface area contributed by atoms with Crippen LogP contribution in [0, 0.1) is 11.8 Å². The van der Waals surface area contributed by atoms with E-state index >= 15 is 0 Å². The van der Waals surface area contributed by atoms with Crippen molar-refractivity contribution < 1.29 is 8.42 Å². The normalized spacial score (nSPS) is 23.3. The largest absolute Gasteiger partial charge is 0.318 e. The van der Waals surface area contributed by atoms with Crippen LogP contribution in [-0.4, -0.2) is 38.3 Å². The van der Waals surface area contributed by atoms with Crippen LogP contribution in [0.3, 0.4) is 0 Å². The highest BCUT2D eigenvalue weighted by atomic mass is 32.2. The Morgan fingerprint density at radius 1 is 1.45 bits per heavy atom. The third kappa shape index (κ3) is 3.80. The molecule has 0 aliphatic heterocycles. The fraction of sp³-hybridized carbons (Fsp3) is 0.769. The fourth-order valence-electron chi connectivity index (χ4n) is 2.66. The Morgan fingerprint density at radius 2 is 2.25 bits per heavy atom. The van der Waals surface area contributed by atoms with Crippen molar-refractivity contribution >= 4 is 10.0 Å². The minimum Gasteiger partial charge on any atom is -0.318 e. The summed E-state index contributed by atoms with van der Waals surface area (Å²) in [7, 11) is -1.58. The third-order valence-corrected chi connectivity index (χ3v) is 5.46. The number of hydrogen-bond donors (Lipinski definition) is 2. The van der Waals surface area contributed by atoms with Gasteiger partial charge in [-0.1, -0.05) is 19.8 Å². The van der Waals surface area contributed by atoms with Gasteiger partial charge in [0.25, 0.3) is 0 Å². The van der Waals surface area contributed by atoms with E-state index in [1.807, 2.05) is 7.05 Å². The van der Waals surface area contributed by atoms with Crippen LogP contribution in [0.15, 0.2) is 17.3 Å². The minimum absolute atomic E-state index is 0.249. The summed E-state index contributed by atoms with van der Waals surface area (Å²) in [4.78, 5) is 0.249. The summed E-state index contributed by atoms with van der Waals surface area (Å²) in [6.45, 7) is 4.15. The maximum absolute atomic E-state index is 12.2. The van der Waals surface area contributed by atoms with Crippen LogP contribution in [-0.2, 0) is 16.6 Å². The SMILES string of the molecule is CNCCn1cc(S(=O)(=O)NCC2CCCC2C)cn1. The first kappa shape index (κ1) is 15.5. The monoisotopic (exact) mass is 300 g/mol. The van der Waals surface area contributed by atoms with E-state index in [2.05, 4.69) is 22.1 Å². The number of likely N-dealkylation sites (N-methyl/N-ethyl adjacent to an activating group) is 1. The average molecular weight is 300 g/mol. The molecule has 1 aliphatic rings. The molecule has 1 saturated carbocycles. The van der Waals surface area contributed by atoms with E-state index in [1.165, 1.54) is 19.0 Å². The number of sulfonamides is 1. The van der Waals surface area contributed by atoms with Crippen LogP contribution in [0.5, 0.6) is 0 Å².